The van der Waals surface area contributed by atoms with E-state index in [1.807, 2.05) is 42.2 Å². The van der Waals surface area contributed by atoms with E-state index in [2.05, 4.69) is 22.2 Å². The minimum atomic E-state index is -0.142. The number of aromatic nitrogens is 3. The van der Waals surface area contributed by atoms with Crippen molar-refractivity contribution in [3.8, 4) is 0 Å². The fraction of sp³-hybridized carbons (Fsp3) is 0.261. The van der Waals surface area contributed by atoms with Gasteiger partial charge in [0.2, 0.25) is 0 Å². The van der Waals surface area contributed by atoms with Crippen molar-refractivity contribution in [2.45, 2.75) is 32.9 Å². The van der Waals surface area contributed by atoms with E-state index in [1.54, 1.807) is 6.07 Å². The summed E-state index contributed by atoms with van der Waals surface area (Å²) in [6.45, 7) is 3.66. The van der Waals surface area contributed by atoms with Crippen LogP contribution in [0.15, 0.2) is 53.3 Å². The average Bonchev–Trinajstić information content (AvgIpc) is 3.13. The molecule has 0 aliphatic carbocycles. The van der Waals surface area contributed by atoms with E-state index in [4.69, 9.17) is 0 Å². The molecule has 2 aromatic heterocycles. The van der Waals surface area contributed by atoms with Crippen LogP contribution in [-0.4, -0.2) is 32.1 Å². The van der Waals surface area contributed by atoms with Crippen molar-refractivity contribution in [2.75, 3.05) is 6.54 Å². The van der Waals surface area contributed by atoms with Gasteiger partial charge in [-0.1, -0.05) is 43.3 Å². The van der Waals surface area contributed by atoms with Gasteiger partial charge < -0.3 is 9.88 Å². The van der Waals surface area contributed by atoms with E-state index in [0.717, 1.165) is 23.7 Å². The van der Waals surface area contributed by atoms with Crippen LogP contribution in [0.2, 0.25) is 0 Å². The number of H-pyrrole nitrogens is 1. The zero-order valence-corrected chi connectivity index (χ0v) is 16.3. The zero-order valence-electron chi connectivity index (χ0n) is 16.3. The summed E-state index contributed by atoms with van der Waals surface area (Å²) in [6.07, 6.45) is 1.56. The molecule has 2 aromatic carbocycles. The molecule has 1 aliphatic heterocycles. The van der Waals surface area contributed by atoms with Crippen LogP contribution in [0.25, 0.3) is 21.7 Å². The average molecular weight is 386 g/mol. The molecule has 0 bridgehead atoms. The predicted molar refractivity (Wildman–Crippen MR) is 113 cm³/mol. The summed E-state index contributed by atoms with van der Waals surface area (Å²) in [7, 11) is 0. The van der Waals surface area contributed by atoms with Crippen LogP contribution < -0.4 is 5.56 Å². The van der Waals surface area contributed by atoms with Crippen molar-refractivity contribution < 1.29 is 4.79 Å². The van der Waals surface area contributed by atoms with Gasteiger partial charge in [-0.25, -0.2) is 4.68 Å². The van der Waals surface area contributed by atoms with Crippen LogP contribution in [0.1, 0.15) is 35.1 Å². The molecule has 4 aromatic rings. The van der Waals surface area contributed by atoms with Gasteiger partial charge in [0.25, 0.3) is 11.5 Å². The lowest BCUT2D eigenvalue weighted by Crippen LogP contribution is -2.38. The summed E-state index contributed by atoms with van der Waals surface area (Å²) in [5.74, 6) is -0.123. The van der Waals surface area contributed by atoms with Crippen LogP contribution in [0.4, 0.5) is 0 Å². The SMILES string of the molecule is CCCn1nc(C(=O)N2CCc3[nH]c4ccccc4c3C2)c2ccccc2c1=O. The van der Waals surface area contributed by atoms with E-state index in [0.29, 0.717) is 36.1 Å². The van der Waals surface area contributed by atoms with Crippen molar-refractivity contribution in [3.63, 3.8) is 0 Å². The number of fused-ring (bicyclic) bond motifs is 4. The van der Waals surface area contributed by atoms with Gasteiger partial charge in [0, 0.05) is 53.6 Å². The first-order valence-corrected chi connectivity index (χ1v) is 10.0. The quantitative estimate of drug-likeness (QED) is 0.586. The number of aryl methyl sites for hydroxylation is 1. The highest BCUT2D eigenvalue weighted by atomic mass is 16.2. The molecule has 0 fully saturated rings. The van der Waals surface area contributed by atoms with Crippen LogP contribution >= 0.6 is 0 Å². The van der Waals surface area contributed by atoms with Gasteiger partial charge in [-0.2, -0.15) is 5.10 Å². The number of nitrogens with one attached hydrogen (secondary N) is 1. The van der Waals surface area contributed by atoms with Crippen molar-refractivity contribution in [1.82, 2.24) is 19.7 Å². The number of hydrogen-bond donors (Lipinski definition) is 1. The zero-order chi connectivity index (χ0) is 20.0. The molecule has 1 amide bonds. The highest BCUT2D eigenvalue weighted by Gasteiger charge is 2.27. The standard InChI is InChI=1S/C23H22N4O2/c1-2-12-27-22(28)17-9-4-3-8-16(17)21(25-27)23(29)26-13-11-20-18(14-26)15-7-5-6-10-19(15)24-20/h3-10,24H,2,11-14H2,1H3. The molecule has 29 heavy (non-hydrogen) atoms. The second-order valence-corrected chi connectivity index (χ2v) is 7.53. The minimum absolute atomic E-state index is 0.123. The molecule has 0 saturated carbocycles. The van der Waals surface area contributed by atoms with Gasteiger partial charge in [0.05, 0.1) is 5.39 Å². The number of carbonyl (C=O) groups is 1. The molecule has 6 nitrogen and oxygen atoms in total. The summed E-state index contributed by atoms with van der Waals surface area (Å²) in [5.41, 5.74) is 3.69. The largest absolute Gasteiger partial charge is 0.358 e. The van der Waals surface area contributed by atoms with E-state index < -0.39 is 0 Å². The van der Waals surface area contributed by atoms with E-state index in [9.17, 15) is 9.59 Å². The first kappa shape index (κ1) is 17.7. The lowest BCUT2D eigenvalue weighted by atomic mass is 10.0. The van der Waals surface area contributed by atoms with Crippen LogP contribution in [0.3, 0.4) is 0 Å². The molecule has 0 spiro atoms. The van der Waals surface area contributed by atoms with Gasteiger partial charge >= 0.3 is 0 Å². The molecular weight excluding hydrogens is 364 g/mol. The Morgan fingerprint density at radius 3 is 2.59 bits per heavy atom. The Kier molecular flexibility index (Phi) is 4.19. The first-order valence-electron chi connectivity index (χ1n) is 10.0. The molecule has 146 valence electrons. The van der Waals surface area contributed by atoms with Crippen LogP contribution in [0.5, 0.6) is 0 Å². The summed E-state index contributed by atoms with van der Waals surface area (Å²) in [5, 5.41) is 6.81. The van der Waals surface area contributed by atoms with Crippen molar-refractivity contribution in [3.05, 3.63) is 75.8 Å². The number of rotatable bonds is 3. The maximum absolute atomic E-state index is 13.5. The highest BCUT2D eigenvalue weighted by Crippen LogP contribution is 2.28. The summed E-state index contributed by atoms with van der Waals surface area (Å²) >= 11 is 0. The number of para-hydroxylation sites is 1. The number of carbonyl (C=O) groups excluding carboxylic acids is 1. The highest BCUT2D eigenvalue weighted by molar-refractivity contribution is 6.05. The summed E-state index contributed by atoms with van der Waals surface area (Å²) in [6, 6.07) is 15.5. The first-order chi connectivity index (χ1) is 14.2. The lowest BCUT2D eigenvalue weighted by molar-refractivity contribution is 0.0728. The van der Waals surface area contributed by atoms with Gasteiger partial charge in [-0.15, -0.1) is 0 Å². The Balaban J connectivity index is 1.58. The third-order valence-electron chi connectivity index (χ3n) is 5.68. The number of amides is 1. The van der Waals surface area contributed by atoms with E-state index in [1.165, 1.54) is 15.9 Å². The maximum atomic E-state index is 13.5. The topological polar surface area (TPSA) is 71.0 Å². The van der Waals surface area contributed by atoms with Crippen molar-refractivity contribution >= 4 is 27.6 Å². The second-order valence-electron chi connectivity index (χ2n) is 7.53. The molecule has 0 unspecified atom stereocenters. The van der Waals surface area contributed by atoms with Gasteiger partial charge in [0.15, 0.2) is 5.69 Å². The van der Waals surface area contributed by atoms with Crippen molar-refractivity contribution in [2.24, 2.45) is 0 Å². The molecule has 1 N–H and O–H groups in total. The lowest BCUT2D eigenvalue weighted by Gasteiger charge is -2.27. The molecular formula is C23H22N4O2. The molecule has 0 atom stereocenters. The number of hydrogen-bond acceptors (Lipinski definition) is 3. The summed E-state index contributed by atoms with van der Waals surface area (Å²) in [4.78, 5) is 31.5. The van der Waals surface area contributed by atoms with Gasteiger partial charge in [-0.05, 0) is 18.6 Å². The Hall–Kier alpha value is -3.41. The number of benzene rings is 2. The molecule has 0 radical (unpaired) electrons. The molecule has 5 rings (SSSR count). The normalized spacial score (nSPS) is 13.8. The number of aromatic amines is 1. The summed E-state index contributed by atoms with van der Waals surface area (Å²) < 4.78 is 1.43. The smallest absolute Gasteiger partial charge is 0.275 e. The fourth-order valence-electron chi connectivity index (χ4n) is 4.25. The Bertz CT molecular complexity index is 1300. The second kappa shape index (κ2) is 6.88. The van der Waals surface area contributed by atoms with E-state index in [-0.39, 0.29) is 11.5 Å². The molecule has 0 saturated heterocycles. The molecule has 3 heterocycles. The van der Waals surface area contributed by atoms with Crippen molar-refractivity contribution in [1.29, 1.82) is 0 Å². The van der Waals surface area contributed by atoms with Gasteiger partial charge in [0.1, 0.15) is 0 Å². The number of nitrogens with zero attached hydrogens (tertiary/aromatic N) is 3. The predicted octanol–water partition coefficient (Wildman–Crippen LogP) is 3.49. The Morgan fingerprint density at radius 2 is 1.79 bits per heavy atom. The molecule has 6 heteroatoms. The molecule has 1 aliphatic rings. The Labute approximate surface area is 167 Å². The van der Waals surface area contributed by atoms with E-state index >= 15 is 0 Å². The Morgan fingerprint density at radius 1 is 1.07 bits per heavy atom. The minimum Gasteiger partial charge on any atom is -0.358 e. The fourth-order valence-corrected chi connectivity index (χ4v) is 4.25. The van der Waals surface area contributed by atoms with Gasteiger partial charge in [-0.3, -0.25) is 9.59 Å². The maximum Gasteiger partial charge on any atom is 0.275 e. The van der Waals surface area contributed by atoms with Crippen LogP contribution in [-0.2, 0) is 19.5 Å². The third kappa shape index (κ3) is 2.83. The van der Waals surface area contributed by atoms with Crippen LogP contribution in [0, 0.1) is 0 Å². The monoisotopic (exact) mass is 386 g/mol. The third-order valence-corrected chi connectivity index (χ3v) is 5.68.